The van der Waals surface area contributed by atoms with Crippen LogP contribution in [-0.2, 0) is 15.3 Å². The van der Waals surface area contributed by atoms with Crippen LogP contribution in [-0.4, -0.2) is 30.0 Å². The Labute approximate surface area is 112 Å². The molecule has 0 aliphatic carbocycles. The van der Waals surface area contributed by atoms with Gasteiger partial charge in [0.15, 0.2) is 0 Å². The zero-order valence-corrected chi connectivity index (χ0v) is 11.1. The van der Waals surface area contributed by atoms with Gasteiger partial charge < -0.3 is 9.84 Å². The molecular weight excluding hydrogens is 248 g/mol. The quantitative estimate of drug-likeness (QED) is 0.651. The number of thioether (sulfide) groups is 1. The lowest BCUT2D eigenvalue weighted by molar-refractivity contribution is -0.139. The van der Waals surface area contributed by atoms with Crippen LogP contribution in [0.1, 0.15) is 18.1 Å². The van der Waals surface area contributed by atoms with Crippen molar-refractivity contribution in [1.29, 1.82) is 0 Å². The monoisotopic (exact) mass is 264 g/mol. The van der Waals surface area contributed by atoms with E-state index in [0.29, 0.717) is 18.1 Å². The summed E-state index contributed by atoms with van der Waals surface area (Å²) in [6, 6.07) is 7.72. The zero-order valence-electron chi connectivity index (χ0n) is 10.3. The first-order chi connectivity index (χ1) is 8.77. The third-order valence-corrected chi connectivity index (χ3v) is 3.06. The Morgan fingerprint density at radius 1 is 1.44 bits per heavy atom. The predicted octanol–water partition coefficient (Wildman–Crippen LogP) is 1.83. The molecule has 96 valence electrons. The predicted molar refractivity (Wildman–Crippen MR) is 73.2 cm³/mol. The van der Waals surface area contributed by atoms with E-state index >= 15 is 0 Å². The van der Waals surface area contributed by atoms with Crippen LogP contribution in [0.4, 0.5) is 0 Å². The van der Waals surface area contributed by atoms with Crippen LogP contribution < -0.4 is 0 Å². The Hall–Kier alpha value is -1.44. The Balaban J connectivity index is 2.54. The normalized spacial score (nSPS) is 9.44. The minimum atomic E-state index is -0.193. The molecule has 0 aromatic heterocycles. The fourth-order valence-electron chi connectivity index (χ4n) is 1.35. The number of carbonyl (C=O) groups is 1. The van der Waals surface area contributed by atoms with Gasteiger partial charge in [0.1, 0.15) is 6.61 Å². The molecule has 0 unspecified atom stereocenters. The van der Waals surface area contributed by atoms with Gasteiger partial charge in [-0.2, -0.15) is 0 Å². The Morgan fingerprint density at radius 3 is 2.94 bits per heavy atom. The summed E-state index contributed by atoms with van der Waals surface area (Å²) in [5, 5.41) is 8.69. The average Bonchev–Trinajstić information content (AvgIpc) is 2.38. The van der Waals surface area contributed by atoms with Crippen LogP contribution in [0.2, 0.25) is 0 Å². The molecule has 0 spiro atoms. The van der Waals surface area contributed by atoms with E-state index in [-0.39, 0.29) is 12.6 Å². The van der Waals surface area contributed by atoms with Crippen molar-refractivity contribution in [3.8, 4) is 11.8 Å². The number of aliphatic hydroxyl groups is 1. The molecule has 0 heterocycles. The van der Waals surface area contributed by atoms with Gasteiger partial charge in [-0.3, -0.25) is 4.79 Å². The summed E-state index contributed by atoms with van der Waals surface area (Å²) in [5.41, 5.74) is 1.95. The maximum Gasteiger partial charge on any atom is 0.315 e. The Morgan fingerprint density at radius 2 is 2.22 bits per heavy atom. The summed E-state index contributed by atoms with van der Waals surface area (Å²) >= 11 is 1.50. The van der Waals surface area contributed by atoms with Crippen molar-refractivity contribution in [2.75, 3.05) is 19.0 Å². The highest BCUT2D eigenvalue weighted by atomic mass is 32.2. The SMILES string of the molecule is CCOC(=O)CSCc1ccccc1C#CCO. The maximum absolute atomic E-state index is 11.2. The highest BCUT2D eigenvalue weighted by molar-refractivity contribution is 7.99. The van der Waals surface area contributed by atoms with Crippen molar-refractivity contribution in [2.45, 2.75) is 12.7 Å². The van der Waals surface area contributed by atoms with Crippen LogP contribution in [0.15, 0.2) is 24.3 Å². The Kier molecular flexibility index (Phi) is 7.00. The van der Waals surface area contributed by atoms with Gasteiger partial charge >= 0.3 is 5.97 Å². The van der Waals surface area contributed by atoms with E-state index < -0.39 is 0 Å². The van der Waals surface area contributed by atoms with Crippen LogP contribution in [0.3, 0.4) is 0 Å². The third kappa shape index (κ3) is 5.26. The first kappa shape index (κ1) is 14.6. The lowest BCUT2D eigenvalue weighted by Gasteiger charge is -2.04. The minimum absolute atomic E-state index is 0.149. The fraction of sp³-hybridized carbons (Fsp3) is 0.357. The van der Waals surface area contributed by atoms with Crippen molar-refractivity contribution < 1.29 is 14.6 Å². The number of ether oxygens (including phenoxy) is 1. The largest absolute Gasteiger partial charge is 0.465 e. The first-order valence-corrected chi connectivity index (χ1v) is 6.84. The molecule has 0 radical (unpaired) electrons. The molecule has 0 aliphatic rings. The molecule has 0 fully saturated rings. The second-order valence-corrected chi connectivity index (χ2v) is 4.40. The van der Waals surface area contributed by atoms with E-state index in [2.05, 4.69) is 11.8 Å². The number of benzene rings is 1. The topological polar surface area (TPSA) is 46.5 Å². The van der Waals surface area contributed by atoms with E-state index in [9.17, 15) is 4.79 Å². The van der Waals surface area contributed by atoms with Crippen LogP contribution in [0.25, 0.3) is 0 Å². The number of hydrogen-bond donors (Lipinski definition) is 1. The van der Waals surface area contributed by atoms with Crippen molar-refractivity contribution in [1.82, 2.24) is 0 Å². The molecule has 3 nitrogen and oxygen atoms in total. The maximum atomic E-state index is 11.2. The van der Waals surface area contributed by atoms with Gasteiger partial charge in [-0.1, -0.05) is 30.0 Å². The fourth-order valence-corrected chi connectivity index (χ4v) is 2.17. The molecule has 4 heteroatoms. The lowest BCUT2D eigenvalue weighted by atomic mass is 10.1. The van der Waals surface area contributed by atoms with E-state index in [1.54, 1.807) is 6.92 Å². The highest BCUT2D eigenvalue weighted by Gasteiger charge is 2.04. The number of rotatable bonds is 5. The molecule has 1 rings (SSSR count). The van der Waals surface area contributed by atoms with E-state index in [1.807, 2.05) is 24.3 Å². The van der Waals surface area contributed by atoms with E-state index in [0.717, 1.165) is 11.1 Å². The van der Waals surface area contributed by atoms with Gasteiger partial charge in [-0.15, -0.1) is 11.8 Å². The van der Waals surface area contributed by atoms with Crippen LogP contribution >= 0.6 is 11.8 Å². The summed E-state index contributed by atoms with van der Waals surface area (Å²) in [5.74, 6) is 6.38. The smallest absolute Gasteiger partial charge is 0.315 e. The van der Waals surface area contributed by atoms with Crippen molar-refractivity contribution >= 4 is 17.7 Å². The minimum Gasteiger partial charge on any atom is -0.465 e. The summed E-state index contributed by atoms with van der Waals surface area (Å²) < 4.78 is 4.85. The van der Waals surface area contributed by atoms with Gasteiger partial charge in [0.2, 0.25) is 0 Å². The lowest BCUT2D eigenvalue weighted by Crippen LogP contribution is -2.06. The molecule has 1 N–H and O–H groups in total. The van der Waals surface area contributed by atoms with Crippen molar-refractivity contribution in [3.05, 3.63) is 35.4 Å². The summed E-state index contributed by atoms with van der Waals surface area (Å²) in [6.07, 6.45) is 0. The van der Waals surface area contributed by atoms with Crippen molar-refractivity contribution in [3.63, 3.8) is 0 Å². The molecular formula is C14H16O3S. The second-order valence-electron chi connectivity index (χ2n) is 3.41. The van der Waals surface area contributed by atoms with Crippen LogP contribution in [0, 0.1) is 11.8 Å². The summed E-state index contributed by atoms with van der Waals surface area (Å²) in [7, 11) is 0. The first-order valence-electron chi connectivity index (χ1n) is 5.69. The van der Waals surface area contributed by atoms with Crippen molar-refractivity contribution in [2.24, 2.45) is 0 Å². The molecule has 0 amide bonds. The summed E-state index contributed by atoms with van der Waals surface area (Å²) in [6.45, 7) is 2.06. The third-order valence-electron chi connectivity index (χ3n) is 2.10. The van der Waals surface area contributed by atoms with Gasteiger partial charge in [-0.05, 0) is 18.6 Å². The van der Waals surface area contributed by atoms with Gasteiger partial charge in [0, 0.05) is 11.3 Å². The number of esters is 1. The van der Waals surface area contributed by atoms with E-state index in [4.69, 9.17) is 9.84 Å². The number of hydrogen-bond acceptors (Lipinski definition) is 4. The molecule has 18 heavy (non-hydrogen) atoms. The molecule has 0 saturated heterocycles. The molecule has 0 saturated carbocycles. The Bertz CT molecular complexity index is 446. The summed E-state index contributed by atoms with van der Waals surface area (Å²) in [4.78, 5) is 11.2. The van der Waals surface area contributed by atoms with Gasteiger partial charge in [-0.25, -0.2) is 0 Å². The molecule has 0 aliphatic heterocycles. The second kappa shape index (κ2) is 8.62. The van der Waals surface area contributed by atoms with Crippen LogP contribution in [0.5, 0.6) is 0 Å². The zero-order chi connectivity index (χ0) is 13.2. The molecule has 0 bridgehead atoms. The van der Waals surface area contributed by atoms with Gasteiger partial charge in [0.25, 0.3) is 0 Å². The van der Waals surface area contributed by atoms with E-state index in [1.165, 1.54) is 11.8 Å². The highest BCUT2D eigenvalue weighted by Crippen LogP contribution is 2.16. The number of aliphatic hydroxyl groups excluding tert-OH is 1. The van der Waals surface area contributed by atoms with Gasteiger partial charge in [0.05, 0.1) is 12.4 Å². The average molecular weight is 264 g/mol. The standard InChI is InChI=1S/C14H16O3S/c1-2-17-14(16)11-18-10-13-7-4-3-6-12(13)8-5-9-15/h3-4,6-7,15H,2,9-11H2,1H3. The molecule has 1 aromatic rings. The molecule has 1 aromatic carbocycles. The number of carbonyl (C=O) groups excluding carboxylic acids is 1. The molecule has 0 atom stereocenters.